The zero-order valence-corrected chi connectivity index (χ0v) is 19.9. The van der Waals surface area contributed by atoms with Crippen LogP contribution in [0.25, 0.3) is 0 Å². The molecular formula is C25H21ClFN3O3S. The number of para-hydroxylation sites is 1. The quantitative estimate of drug-likeness (QED) is 0.478. The Morgan fingerprint density at radius 2 is 1.88 bits per heavy atom. The van der Waals surface area contributed by atoms with Crippen LogP contribution in [-0.2, 0) is 4.79 Å². The highest BCUT2D eigenvalue weighted by Crippen LogP contribution is 2.52. The normalized spacial score (nSPS) is 22.8. The zero-order valence-electron chi connectivity index (χ0n) is 18.3. The van der Waals surface area contributed by atoms with E-state index < -0.39 is 17.7 Å². The number of hydrogen-bond acceptors (Lipinski definition) is 4. The SMILES string of the molecule is COc1cccc2c1O[C@@]1(C)[C@@H](C(=O)Nc3ccc(Cl)cc3)[C@@H]2NC(=S)N1c1ccc(F)cc1. The second-order valence-corrected chi connectivity index (χ2v) is 9.07. The molecule has 0 unspecified atom stereocenters. The molecule has 0 aliphatic carbocycles. The lowest BCUT2D eigenvalue weighted by molar-refractivity contribution is -0.130. The van der Waals surface area contributed by atoms with Gasteiger partial charge in [-0.1, -0.05) is 23.7 Å². The third-order valence-corrected chi connectivity index (χ3v) is 6.74. The van der Waals surface area contributed by atoms with E-state index in [1.165, 1.54) is 12.1 Å². The van der Waals surface area contributed by atoms with Crippen LogP contribution in [0.4, 0.5) is 15.8 Å². The van der Waals surface area contributed by atoms with E-state index in [0.717, 1.165) is 5.56 Å². The van der Waals surface area contributed by atoms with E-state index >= 15 is 0 Å². The van der Waals surface area contributed by atoms with Crippen molar-refractivity contribution in [3.63, 3.8) is 0 Å². The van der Waals surface area contributed by atoms with Crippen molar-refractivity contribution in [2.75, 3.05) is 17.3 Å². The van der Waals surface area contributed by atoms with Gasteiger partial charge in [-0.2, -0.15) is 0 Å². The Labute approximate surface area is 206 Å². The Balaban J connectivity index is 1.64. The third kappa shape index (κ3) is 3.63. The topological polar surface area (TPSA) is 62.8 Å². The van der Waals surface area contributed by atoms with Gasteiger partial charge in [0.25, 0.3) is 0 Å². The van der Waals surface area contributed by atoms with Gasteiger partial charge in [0.05, 0.1) is 13.2 Å². The maximum atomic E-state index is 13.7. The summed E-state index contributed by atoms with van der Waals surface area (Å²) in [7, 11) is 1.56. The number of fused-ring (bicyclic) bond motifs is 4. The number of anilines is 2. The summed E-state index contributed by atoms with van der Waals surface area (Å²) in [6, 6.07) is 17.8. The van der Waals surface area contributed by atoms with Crippen LogP contribution in [0, 0.1) is 11.7 Å². The van der Waals surface area contributed by atoms with Crippen LogP contribution >= 0.6 is 23.8 Å². The first-order chi connectivity index (χ1) is 16.3. The third-order valence-electron chi connectivity index (χ3n) is 6.19. The fourth-order valence-electron chi connectivity index (χ4n) is 4.66. The van der Waals surface area contributed by atoms with Crippen LogP contribution in [0.15, 0.2) is 66.7 Å². The van der Waals surface area contributed by atoms with Gasteiger partial charge in [0, 0.05) is 22.0 Å². The summed E-state index contributed by atoms with van der Waals surface area (Å²) in [4.78, 5) is 15.5. The zero-order chi connectivity index (χ0) is 24.0. The van der Waals surface area contributed by atoms with E-state index in [4.69, 9.17) is 33.3 Å². The lowest BCUT2D eigenvalue weighted by Crippen LogP contribution is -2.72. The molecule has 0 aromatic heterocycles. The van der Waals surface area contributed by atoms with Gasteiger partial charge >= 0.3 is 0 Å². The van der Waals surface area contributed by atoms with E-state index in [0.29, 0.717) is 33.0 Å². The molecule has 2 heterocycles. The molecule has 6 nitrogen and oxygen atoms in total. The number of hydrogen-bond donors (Lipinski definition) is 2. The summed E-state index contributed by atoms with van der Waals surface area (Å²) in [5, 5.41) is 7.22. The average molecular weight is 498 g/mol. The van der Waals surface area contributed by atoms with Gasteiger partial charge in [0.2, 0.25) is 5.91 Å². The monoisotopic (exact) mass is 497 g/mol. The summed E-state index contributed by atoms with van der Waals surface area (Å²) in [6.07, 6.45) is 0. The molecule has 2 aliphatic heterocycles. The second kappa shape index (κ2) is 8.45. The number of ether oxygens (including phenoxy) is 2. The predicted octanol–water partition coefficient (Wildman–Crippen LogP) is 5.29. The van der Waals surface area contributed by atoms with Gasteiger partial charge in [-0.15, -0.1) is 0 Å². The highest BCUT2D eigenvalue weighted by molar-refractivity contribution is 7.80. The van der Waals surface area contributed by atoms with Crippen LogP contribution < -0.4 is 25.0 Å². The Kier molecular flexibility index (Phi) is 5.58. The largest absolute Gasteiger partial charge is 0.493 e. The minimum atomic E-state index is -1.25. The predicted molar refractivity (Wildman–Crippen MR) is 133 cm³/mol. The number of amides is 1. The number of rotatable bonds is 4. The summed E-state index contributed by atoms with van der Waals surface area (Å²) >= 11 is 11.7. The first kappa shape index (κ1) is 22.4. The van der Waals surface area contributed by atoms with Crippen molar-refractivity contribution in [1.29, 1.82) is 0 Å². The number of nitrogens with one attached hydrogen (secondary N) is 2. The van der Waals surface area contributed by atoms with Crippen LogP contribution in [0.1, 0.15) is 18.5 Å². The molecule has 3 atom stereocenters. The lowest BCUT2D eigenvalue weighted by Gasteiger charge is -2.56. The van der Waals surface area contributed by atoms with Crippen molar-refractivity contribution in [1.82, 2.24) is 5.32 Å². The smallest absolute Gasteiger partial charge is 0.236 e. The van der Waals surface area contributed by atoms with Crippen molar-refractivity contribution >= 4 is 46.2 Å². The molecule has 1 saturated heterocycles. The maximum Gasteiger partial charge on any atom is 0.236 e. The summed E-state index contributed by atoms with van der Waals surface area (Å²) in [6.45, 7) is 1.80. The van der Waals surface area contributed by atoms with Crippen molar-refractivity contribution in [2.45, 2.75) is 18.7 Å². The fourth-order valence-corrected chi connectivity index (χ4v) is 5.20. The molecule has 3 aromatic rings. The van der Waals surface area contributed by atoms with Crippen LogP contribution in [0.2, 0.25) is 5.02 Å². The molecule has 0 saturated carbocycles. The average Bonchev–Trinajstić information content (AvgIpc) is 2.81. The highest BCUT2D eigenvalue weighted by atomic mass is 35.5. The second-order valence-electron chi connectivity index (χ2n) is 8.25. The van der Waals surface area contributed by atoms with Crippen LogP contribution in [0.5, 0.6) is 11.5 Å². The number of thiocarbonyl (C=S) groups is 1. The molecular weight excluding hydrogens is 477 g/mol. The molecule has 1 fully saturated rings. The van der Waals surface area contributed by atoms with E-state index in [-0.39, 0.29) is 11.7 Å². The van der Waals surface area contributed by atoms with E-state index in [1.807, 2.05) is 12.1 Å². The van der Waals surface area contributed by atoms with E-state index in [9.17, 15) is 9.18 Å². The lowest BCUT2D eigenvalue weighted by atomic mass is 9.78. The molecule has 34 heavy (non-hydrogen) atoms. The van der Waals surface area contributed by atoms with Gasteiger partial charge < -0.3 is 20.1 Å². The molecule has 174 valence electrons. The molecule has 1 amide bonds. The Morgan fingerprint density at radius 3 is 2.56 bits per heavy atom. The summed E-state index contributed by atoms with van der Waals surface area (Å²) < 4.78 is 25.8. The van der Waals surface area contributed by atoms with Crippen molar-refractivity contribution in [3.05, 3.63) is 83.1 Å². The first-order valence-corrected chi connectivity index (χ1v) is 11.4. The van der Waals surface area contributed by atoms with Crippen LogP contribution in [0.3, 0.4) is 0 Å². The van der Waals surface area contributed by atoms with E-state index in [1.54, 1.807) is 61.4 Å². The molecule has 2 N–H and O–H groups in total. The van der Waals surface area contributed by atoms with Gasteiger partial charge in [0.15, 0.2) is 22.3 Å². The van der Waals surface area contributed by atoms with Crippen molar-refractivity contribution < 1.29 is 18.7 Å². The minimum absolute atomic E-state index is 0.273. The summed E-state index contributed by atoms with van der Waals surface area (Å²) in [5.41, 5.74) is 0.697. The van der Waals surface area contributed by atoms with Gasteiger partial charge in [-0.3, -0.25) is 9.69 Å². The Morgan fingerprint density at radius 1 is 1.18 bits per heavy atom. The Hall–Kier alpha value is -3.36. The molecule has 3 aromatic carbocycles. The number of carbonyl (C=O) groups is 1. The molecule has 0 radical (unpaired) electrons. The first-order valence-electron chi connectivity index (χ1n) is 10.6. The highest BCUT2D eigenvalue weighted by Gasteiger charge is 2.59. The minimum Gasteiger partial charge on any atom is -0.493 e. The number of nitrogens with zero attached hydrogens (tertiary/aromatic N) is 1. The molecule has 9 heteroatoms. The fraction of sp³-hybridized carbons (Fsp3) is 0.200. The van der Waals surface area contributed by atoms with Gasteiger partial charge in [0.1, 0.15) is 11.7 Å². The molecule has 2 aliphatic rings. The van der Waals surface area contributed by atoms with Gasteiger partial charge in [-0.25, -0.2) is 4.39 Å². The van der Waals surface area contributed by atoms with Crippen LogP contribution in [-0.4, -0.2) is 23.9 Å². The van der Waals surface area contributed by atoms with E-state index in [2.05, 4.69) is 10.6 Å². The number of methoxy groups -OCH3 is 1. The molecule has 2 bridgehead atoms. The number of carbonyl (C=O) groups excluding carboxylic acids is 1. The maximum absolute atomic E-state index is 13.7. The Bertz CT molecular complexity index is 1270. The van der Waals surface area contributed by atoms with Crippen molar-refractivity contribution in [2.24, 2.45) is 5.92 Å². The van der Waals surface area contributed by atoms with Gasteiger partial charge in [-0.05, 0) is 73.7 Å². The standard InChI is InChI=1S/C25H21ClFN3O3S/c1-25-20(23(31)28-16-10-6-14(26)7-11-16)21(18-4-3-5-19(32-2)22(18)33-25)29-24(34)30(25)17-12-8-15(27)9-13-17/h3-13,20-21H,1-2H3,(H,28,31)(H,29,34)/t20-,21-,25+/m1/s1. The molecule has 0 spiro atoms. The number of halogens is 2. The summed E-state index contributed by atoms with van der Waals surface area (Å²) in [5.74, 6) is -0.324. The van der Waals surface area contributed by atoms with Crippen molar-refractivity contribution in [3.8, 4) is 11.5 Å². The molecule has 5 rings (SSSR count). The number of benzene rings is 3.